The average Bonchev–Trinajstić information content (AvgIpc) is 2.99. The number of carbonyl (C=O) groups excluding carboxylic acids is 1. The molecule has 15 heteroatoms. The standard InChI is InChI=1S/C29H36O15/c1-13-22(36)24(38)25(39)28(41-13)44-27-26(43-21(35)7-4-14-2-5-16(31)18(33)10-14)23(37)20(12-30)42-29(27)40-9-8-15-3-6-17(32)19(34)11-15/h2-7,10-11,13,20,22-34,36-39H,8-9,12H2,1H3/b7-4+/t13-,20+,22-,23+,24+,25+,26+,27+,28-,29+/m0/s1. The quantitative estimate of drug-likeness (QED) is 0.0873. The number of aliphatic hydroxyl groups excluding tert-OH is 5. The molecule has 0 aliphatic carbocycles. The maximum absolute atomic E-state index is 12.9. The molecule has 0 aromatic heterocycles. The molecular weight excluding hydrogens is 588 g/mol. The van der Waals surface area contributed by atoms with Gasteiger partial charge in [0.25, 0.3) is 0 Å². The van der Waals surface area contributed by atoms with Crippen LogP contribution >= 0.6 is 0 Å². The van der Waals surface area contributed by atoms with Crippen LogP contribution < -0.4 is 0 Å². The van der Waals surface area contributed by atoms with Crippen LogP contribution in [0.4, 0.5) is 0 Å². The van der Waals surface area contributed by atoms with Crippen molar-refractivity contribution >= 4 is 12.0 Å². The molecule has 10 atom stereocenters. The van der Waals surface area contributed by atoms with Crippen LogP contribution in [-0.2, 0) is 34.9 Å². The zero-order chi connectivity index (χ0) is 32.1. The van der Waals surface area contributed by atoms with Crippen molar-refractivity contribution in [1.82, 2.24) is 0 Å². The van der Waals surface area contributed by atoms with E-state index in [0.717, 1.165) is 6.08 Å². The minimum absolute atomic E-state index is 0.0975. The number of phenolic OH excluding ortho intramolecular Hbond substituents is 4. The van der Waals surface area contributed by atoms with Crippen molar-refractivity contribution < 1.29 is 74.4 Å². The van der Waals surface area contributed by atoms with Crippen LogP contribution in [0.3, 0.4) is 0 Å². The van der Waals surface area contributed by atoms with Gasteiger partial charge in [0.2, 0.25) is 0 Å². The molecule has 4 rings (SSSR count). The van der Waals surface area contributed by atoms with Crippen LogP contribution in [0, 0.1) is 0 Å². The zero-order valence-corrected chi connectivity index (χ0v) is 23.5. The summed E-state index contributed by atoms with van der Waals surface area (Å²) in [6.07, 6.45) is -12.6. The number of aliphatic hydroxyl groups is 5. The summed E-state index contributed by atoms with van der Waals surface area (Å²) in [7, 11) is 0. The fourth-order valence-electron chi connectivity index (χ4n) is 4.73. The largest absolute Gasteiger partial charge is 0.504 e. The van der Waals surface area contributed by atoms with E-state index in [1.165, 1.54) is 43.3 Å². The van der Waals surface area contributed by atoms with E-state index in [-0.39, 0.29) is 30.3 Å². The highest BCUT2D eigenvalue weighted by Gasteiger charge is 2.52. The smallest absolute Gasteiger partial charge is 0.331 e. The first kappa shape index (κ1) is 33.4. The third-order valence-corrected chi connectivity index (χ3v) is 7.27. The van der Waals surface area contributed by atoms with Gasteiger partial charge in [-0.25, -0.2) is 4.79 Å². The number of aromatic hydroxyl groups is 4. The van der Waals surface area contributed by atoms with Crippen LogP contribution in [0.5, 0.6) is 23.0 Å². The molecule has 0 saturated carbocycles. The molecule has 9 N–H and O–H groups in total. The Morgan fingerprint density at radius 1 is 0.818 bits per heavy atom. The van der Waals surface area contributed by atoms with Gasteiger partial charge in [-0.15, -0.1) is 0 Å². The van der Waals surface area contributed by atoms with Gasteiger partial charge in [-0.3, -0.25) is 0 Å². The molecule has 15 nitrogen and oxygen atoms in total. The Morgan fingerprint density at radius 2 is 1.50 bits per heavy atom. The summed E-state index contributed by atoms with van der Waals surface area (Å²) in [4.78, 5) is 12.9. The Hall–Kier alpha value is -3.51. The SMILES string of the molecule is C[C@@H]1O[C@@H](O[C@H]2[C@H](OCCc3ccc(O)c(O)c3)O[C@H](CO)[C@@H](O)[C@H]2OC(=O)/C=C/c2ccc(O)c(O)c2)[C@H](O)[C@H](O)[C@H]1O. The van der Waals surface area contributed by atoms with E-state index in [1.807, 2.05) is 0 Å². The molecule has 0 radical (unpaired) electrons. The third kappa shape index (κ3) is 7.76. The highest BCUT2D eigenvalue weighted by atomic mass is 16.8. The second-order valence-electron chi connectivity index (χ2n) is 10.4. The Morgan fingerprint density at radius 3 is 2.16 bits per heavy atom. The predicted octanol–water partition coefficient (Wildman–Crippen LogP) is -1.02. The van der Waals surface area contributed by atoms with Gasteiger partial charge in [0.15, 0.2) is 47.8 Å². The Kier molecular flexibility index (Phi) is 11.0. The molecule has 2 aromatic rings. The van der Waals surface area contributed by atoms with Gasteiger partial charge in [0.05, 0.1) is 19.3 Å². The molecular formula is C29H36O15. The summed E-state index contributed by atoms with van der Waals surface area (Å²) in [5.74, 6) is -2.44. The topological polar surface area (TPSA) is 245 Å². The molecule has 2 heterocycles. The van der Waals surface area contributed by atoms with Crippen molar-refractivity contribution in [2.45, 2.75) is 74.8 Å². The van der Waals surface area contributed by atoms with Gasteiger partial charge in [0.1, 0.15) is 30.5 Å². The van der Waals surface area contributed by atoms with Gasteiger partial charge in [-0.05, 0) is 54.8 Å². The maximum Gasteiger partial charge on any atom is 0.331 e. The van der Waals surface area contributed by atoms with E-state index in [4.69, 9.17) is 23.7 Å². The van der Waals surface area contributed by atoms with Gasteiger partial charge < -0.3 is 69.6 Å². The fourth-order valence-corrected chi connectivity index (χ4v) is 4.73. The first-order valence-corrected chi connectivity index (χ1v) is 13.7. The van der Waals surface area contributed by atoms with E-state index in [9.17, 15) is 50.8 Å². The van der Waals surface area contributed by atoms with Crippen molar-refractivity contribution in [1.29, 1.82) is 0 Å². The summed E-state index contributed by atoms with van der Waals surface area (Å²) in [5.41, 5.74) is 0.894. The molecule has 2 fully saturated rings. The lowest BCUT2D eigenvalue weighted by Gasteiger charge is -2.46. The molecule has 2 saturated heterocycles. The Balaban J connectivity index is 1.57. The van der Waals surface area contributed by atoms with Crippen LogP contribution in [-0.4, -0.2) is 127 Å². The normalized spacial score (nSPS) is 32.5. The fraction of sp³-hybridized carbons (Fsp3) is 0.483. The predicted molar refractivity (Wildman–Crippen MR) is 147 cm³/mol. The van der Waals surface area contributed by atoms with E-state index >= 15 is 0 Å². The van der Waals surface area contributed by atoms with Crippen LogP contribution in [0.15, 0.2) is 42.5 Å². The lowest BCUT2D eigenvalue weighted by molar-refractivity contribution is -0.364. The van der Waals surface area contributed by atoms with Gasteiger partial charge >= 0.3 is 5.97 Å². The summed E-state index contributed by atoms with van der Waals surface area (Å²) >= 11 is 0. The summed E-state index contributed by atoms with van der Waals surface area (Å²) < 4.78 is 28.5. The summed E-state index contributed by atoms with van der Waals surface area (Å²) in [6, 6.07) is 7.96. The first-order chi connectivity index (χ1) is 20.9. The van der Waals surface area contributed by atoms with E-state index in [2.05, 4.69) is 0 Å². The summed E-state index contributed by atoms with van der Waals surface area (Å²) in [5, 5.41) is 90.3. The second kappa shape index (κ2) is 14.5. The lowest BCUT2D eigenvalue weighted by Crippen LogP contribution is -2.64. The van der Waals surface area contributed by atoms with E-state index in [1.54, 1.807) is 6.07 Å². The molecule has 0 bridgehead atoms. The monoisotopic (exact) mass is 624 g/mol. The molecule has 2 aromatic carbocycles. The number of phenols is 4. The van der Waals surface area contributed by atoms with Crippen molar-refractivity contribution in [3.63, 3.8) is 0 Å². The number of benzene rings is 2. The molecule has 2 aliphatic rings. The van der Waals surface area contributed by atoms with Crippen molar-refractivity contribution in [2.24, 2.45) is 0 Å². The number of hydrogen-bond donors (Lipinski definition) is 9. The number of esters is 1. The molecule has 0 unspecified atom stereocenters. The van der Waals surface area contributed by atoms with Crippen LogP contribution in [0.25, 0.3) is 6.08 Å². The Labute approximate surface area is 251 Å². The van der Waals surface area contributed by atoms with Crippen molar-refractivity contribution in [2.75, 3.05) is 13.2 Å². The van der Waals surface area contributed by atoms with Crippen LogP contribution in [0.2, 0.25) is 0 Å². The number of ether oxygens (including phenoxy) is 5. The van der Waals surface area contributed by atoms with E-state index < -0.39 is 79.7 Å². The number of rotatable bonds is 10. The molecule has 2 aliphatic heterocycles. The minimum Gasteiger partial charge on any atom is -0.504 e. The number of carbonyl (C=O) groups is 1. The molecule has 242 valence electrons. The maximum atomic E-state index is 12.9. The molecule has 0 spiro atoms. The van der Waals surface area contributed by atoms with Crippen molar-refractivity contribution in [3.05, 3.63) is 53.6 Å². The van der Waals surface area contributed by atoms with Crippen LogP contribution in [0.1, 0.15) is 18.1 Å². The highest BCUT2D eigenvalue weighted by Crippen LogP contribution is 2.32. The Bertz CT molecular complexity index is 1300. The molecule has 44 heavy (non-hydrogen) atoms. The molecule has 0 amide bonds. The highest BCUT2D eigenvalue weighted by molar-refractivity contribution is 5.87. The third-order valence-electron chi connectivity index (χ3n) is 7.27. The van der Waals surface area contributed by atoms with E-state index in [0.29, 0.717) is 11.1 Å². The lowest BCUT2D eigenvalue weighted by atomic mass is 9.97. The number of hydrogen-bond acceptors (Lipinski definition) is 15. The van der Waals surface area contributed by atoms with Gasteiger partial charge in [0, 0.05) is 6.08 Å². The minimum atomic E-state index is -1.77. The zero-order valence-electron chi connectivity index (χ0n) is 23.5. The van der Waals surface area contributed by atoms with Gasteiger partial charge in [-0.2, -0.15) is 0 Å². The summed E-state index contributed by atoms with van der Waals surface area (Å²) in [6.45, 7) is 0.606. The van der Waals surface area contributed by atoms with Crippen molar-refractivity contribution in [3.8, 4) is 23.0 Å². The second-order valence-corrected chi connectivity index (χ2v) is 10.4. The first-order valence-electron chi connectivity index (χ1n) is 13.7. The average molecular weight is 625 g/mol. The van der Waals surface area contributed by atoms with Gasteiger partial charge in [-0.1, -0.05) is 12.1 Å².